The lowest BCUT2D eigenvalue weighted by Gasteiger charge is -2.33. The highest BCUT2D eigenvalue weighted by Gasteiger charge is 2.42. The first-order chi connectivity index (χ1) is 16.6. The molecule has 1 aliphatic rings. The van der Waals surface area contributed by atoms with Crippen LogP contribution in [0.1, 0.15) is 87.1 Å². The number of fused-ring (bicyclic) bond motifs is 3. The Morgan fingerprint density at radius 1 is 0.676 bits per heavy atom. The predicted molar refractivity (Wildman–Crippen MR) is 148 cm³/mol. The Bertz CT molecular complexity index is 1160. The molecule has 0 amide bonds. The van der Waals surface area contributed by atoms with Gasteiger partial charge in [0.2, 0.25) is 0 Å². The Hall–Kier alpha value is -3.06. The van der Waals surface area contributed by atoms with Crippen LogP contribution in [0.2, 0.25) is 0 Å². The van der Waals surface area contributed by atoms with Gasteiger partial charge in [-0.15, -0.1) is 0 Å². The molecular formula is C33H38O. The number of methoxy groups -OCH3 is 1. The second-order valence-corrected chi connectivity index (χ2v) is 9.51. The fourth-order valence-corrected chi connectivity index (χ4v) is 5.46. The maximum atomic E-state index is 5.30. The van der Waals surface area contributed by atoms with Gasteiger partial charge >= 0.3 is 0 Å². The summed E-state index contributed by atoms with van der Waals surface area (Å²) in [6.45, 7) is 6.73. The number of ether oxygens (including phenoxy) is 1. The molecule has 0 saturated carbocycles. The van der Waals surface area contributed by atoms with Crippen molar-refractivity contribution in [3.8, 4) is 16.9 Å². The normalized spacial score (nSPS) is 14.0. The second-order valence-electron chi connectivity index (χ2n) is 9.51. The van der Waals surface area contributed by atoms with Gasteiger partial charge in [0.25, 0.3) is 0 Å². The van der Waals surface area contributed by atoms with E-state index >= 15 is 0 Å². The molecular weight excluding hydrogens is 412 g/mol. The second kappa shape index (κ2) is 10.9. The van der Waals surface area contributed by atoms with Crippen molar-refractivity contribution in [1.29, 1.82) is 0 Å². The summed E-state index contributed by atoms with van der Waals surface area (Å²) in [4.78, 5) is 0. The van der Waals surface area contributed by atoms with Gasteiger partial charge in [0, 0.05) is 5.41 Å². The minimum Gasteiger partial charge on any atom is -0.497 e. The van der Waals surface area contributed by atoms with Crippen LogP contribution in [-0.4, -0.2) is 7.11 Å². The maximum Gasteiger partial charge on any atom is 0.118 e. The van der Waals surface area contributed by atoms with E-state index in [1.807, 2.05) is 12.1 Å². The van der Waals surface area contributed by atoms with Crippen molar-refractivity contribution in [1.82, 2.24) is 0 Å². The molecule has 3 aromatic carbocycles. The fraction of sp³-hybridized carbons (Fsp3) is 0.333. The van der Waals surface area contributed by atoms with Crippen LogP contribution in [-0.2, 0) is 5.41 Å². The molecule has 3 aromatic rings. The van der Waals surface area contributed by atoms with E-state index in [1.165, 1.54) is 77.5 Å². The summed E-state index contributed by atoms with van der Waals surface area (Å²) in [5, 5.41) is 0. The zero-order chi connectivity index (χ0) is 24.0. The molecule has 176 valence electrons. The van der Waals surface area contributed by atoms with Crippen LogP contribution in [0.15, 0.2) is 66.7 Å². The number of allylic oxidation sites excluding steroid dienone is 1. The van der Waals surface area contributed by atoms with Gasteiger partial charge in [-0.05, 0) is 70.8 Å². The van der Waals surface area contributed by atoms with Gasteiger partial charge in [-0.25, -0.2) is 0 Å². The zero-order valence-electron chi connectivity index (χ0n) is 21.2. The molecule has 4 rings (SSSR count). The van der Waals surface area contributed by atoms with E-state index in [1.54, 1.807) is 7.11 Å². The Balaban J connectivity index is 1.79. The first-order valence-corrected chi connectivity index (χ1v) is 12.9. The average Bonchev–Trinajstić information content (AvgIpc) is 3.14. The average molecular weight is 451 g/mol. The van der Waals surface area contributed by atoms with Crippen LogP contribution in [0, 0.1) is 0 Å². The van der Waals surface area contributed by atoms with Gasteiger partial charge in [-0.2, -0.15) is 0 Å². The lowest BCUT2D eigenvalue weighted by molar-refractivity contribution is 0.414. The van der Waals surface area contributed by atoms with E-state index in [9.17, 15) is 0 Å². The van der Waals surface area contributed by atoms with E-state index < -0.39 is 0 Å². The van der Waals surface area contributed by atoms with E-state index in [4.69, 9.17) is 4.74 Å². The van der Waals surface area contributed by atoms with Gasteiger partial charge in [0.1, 0.15) is 5.75 Å². The smallest absolute Gasteiger partial charge is 0.118 e. The molecule has 0 aliphatic heterocycles. The summed E-state index contributed by atoms with van der Waals surface area (Å²) >= 11 is 0. The molecule has 0 bridgehead atoms. The number of hydrogen-bond acceptors (Lipinski definition) is 1. The SMILES string of the molecule is C/C=C/c1ccc2c(c1)C(CCCC)(CCCC)c1cc(/C=C/c3ccc(OC)cc3)ccc1-2. The Kier molecular flexibility index (Phi) is 7.73. The third-order valence-electron chi connectivity index (χ3n) is 7.27. The molecule has 0 fully saturated rings. The molecule has 0 N–H and O–H groups in total. The summed E-state index contributed by atoms with van der Waals surface area (Å²) < 4.78 is 5.30. The summed E-state index contributed by atoms with van der Waals surface area (Å²) in [6, 6.07) is 22.4. The number of unbranched alkanes of at least 4 members (excludes halogenated alkanes) is 2. The number of rotatable bonds is 10. The largest absolute Gasteiger partial charge is 0.497 e. The van der Waals surface area contributed by atoms with Crippen LogP contribution < -0.4 is 4.74 Å². The third-order valence-corrected chi connectivity index (χ3v) is 7.27. The highest BCUT2D eigenvalue weighted by molar-refractivity contribution is 5.84. The van der Waals surface area contributed by atoms with E-state index in [2.05, 4.69) is 93.6 Å². The molecule has 0 spiro atoms. The lowest BCUT2D eigenvalue weighted by atomic mass is 9.70. The molecule has 1 aliphatic carbocycles. The zero-order valence-corrected chi connectivity index (χ0v) is 21.2. The molecule has 0 radical (unpaired) electrons. The van der Waals surface area contributed by atoms with Crippen LogP contribution >= 0.6 is 0 Å². The monoisotopic (exact) mass is 450 g/mol. The highest BCUT2D eigenvalue weighted by Crippen LogP contribution is 2.54. The predicted octanol–water partition coefficient (Wildman–Crippen LogP) is 9.55. The minimum atomic E-state index is 0.109. The highest BCUT2D eigenvalue weighted by atomic mass is 16.5. The Morgan fingerprint density at radius 2 is 1.18 bits per heavy atom. The van der Waals surface area contributed by atoms with Crippen molar-refractivity contribution < 1.29 is 4.74 Å². The van der Waals surface area contributed by atoms with Crippen molar-refractivity contribution in [2.45, 2.75) is 64.7 Å². The van der Waals surface area contributed by atoms with Crippen molar-refractivity contribution in [3.05, 3.63) is 94.6 Å². The van der Waals surface area contributed by atoms with Crippen molar-refractivity contribution >= 4 is 18.2 Å². The van der Waals surface area contributed by atoms with E-state index in [0.29, 0.717) is 0 Å². The molecule has 1 heteroatoms. The molecule has 0 saturated heterocycles. The van der Waals surface area contributed by atoms with Crippen LogP contribution in [0.3, 0.4) is 0 Å². The summed E-state index contributed by atoms with van der Waals surface area (Å²) in [7, 11) is 1.71. The maximum absolute atomic E-state index is 5.30. The van der Waals surface area contributed by atoms with Gasteiger partial charge in [0.05, 0.1) is 7.11 Å². The van der Waals surface area contributed by atoms with Gasteiger partial charge in [-0.3, -0.25) is 0 Å². The molecule has 0 atom stereocenters. The molecule has 0 heterocycles. The number of benzene rings is 3. The van der Waals surface area contributed by atoms with Crippen molar-refractivity contribution in [2.24, 2.45) is 0 Å². The van der Waals surface area contributed by atoms with Gasteiger partial charge in [-0.1, -0.05) is 112 Å². The Labute approximate surface area is 206 Å². The topological polar surface area (TPSA) is 9.23 Å². The van der Waals surface area contributed by atoms with Crippen LogP contribution in [0.25, 0.3) is 29.4 Å². The lowest BCUT2D eigenvalue weighted by Crippen LogP contribution is -2.25. The first kappa shape index (κ1) is 24.1. The molecule has 1 nitrogen and oxygen atoms in total. The van der Waals surface area contributed by atoms with E-state index in [-0.39, 0.29) is 5.41 Å². The third kappa shape index (κ3) is 4.75. The minimum absolute atomic E-state index is 0.109. The molecule has 0 aromatic heterocycles. The van der Waals surface area contributed by atoms with E-state index in [0.717, 1.165) is 5.75 Å². The number of hydrogen-bond donors (Lipinski definition) is 0. The fourth-order valence-electron chi connectivity index (χ4n) is 5.46. The standard InChI is InChI=1S/C33H38O/c1-5-8-21-33(22-9-6-2)31-23-26(10-7-3)15-19-29(31)30-20-16-27(24-32(30)33)12-11-25-13-17-28(34-4)18-14-25/h7,10-20,23-24H,5-6,8-9,21-22H2,1-4H3/b10-7+,12-11+. The van der Waals surface area contributed by atoms with Crippen molar-refractivity contribution in [3.63, 3.8) is 0 Å². The van der Waals surface area contributed by atoms with Crippen LogP contribution in [0.4, 0.5) is 0 Å². The van der Waals surface area contributed by atoms with Gasteiger partial charge in [0.15, 0.2) is 0 Å². The summed E-state index contributed by atoms with van der Waals surface area (Å²) in [6.07, 6.45) is 16.2. The Morgan fingerprint density at radius 3 is 1.68 bits per heavy atom. The van der Waals surface area contributed by atoms with Crippen molar-refractivity contribution in [2.75, 3.05) is 7.11 Å². The summed E-state index contributed by atoms with van der Waals surface area (Å²) in [5.74, 6) is 0.890. The first-order valence-electron chi connectivity index (χ1n) is 12.9. The van der Waals surface area contributed by atoms with Gasteiger partial charge < -0.3 is 4.74 Å². The van der Waals surface area contributed by atoms with Crippen LogP contribution in [0.5, 0.6) is 5.75 Å². The quantitative estimate of drug-likeness (QED) is 0.279. The molecule has 0 unspecified atom stereocenters. The molecule has 34 heavy (non-hydrogen) atoms. The summed E-state index contributed by atoms with van der Waals surface area (Å²) in [5.41, 5.74) is 9.80.